The number of piperazine rings is 1. The van der Waals surface area contributed by atoms with Crippen LogP contribution in [0.1, 0.15) is 17.7 Å². The Morgan fingerprint density at radius 2 is 1.76 bits per heavy atom. The summed E-state index contributed by atoms with van der Waals surface area (Å²) in [5.41, 5.74) is 8.37. The molecule has 0 saturated carbocycles. The molecule has 10 nitrogen and oxygen atoms in total. The van der Waals surface area contributed by atoms with E-state index in [1.54, 1.807) is 16.9 Å². The number of halogens is 2. The Morgan fingerprint density at radius 3 is 2.47 bits per heavy atom. The highest BCUT2D eigenvalue weighted by atomic mass is 19.1. The average molecular weight is 527 g/mol. The Bertz CT molecular complexity index is 1290. The number of nitrogens with zero attached hydrogens (tertiary/aromatic N) is 7. The van der Waals surface area contributed by atoms with E-state index < -0.39 is 17.7 Å². The minimum Gasteiger partial charge on any atom is -0.394 e. The van der Waals surface area contributed by atoms with Gasteiger partial charge in [-0.25, -0.2) is 13.5 Å². The zero-order valence-corrected chi connectivity index (χ0v) is 21.2. The first-order valence-corrected chi connectivity index (χ1v) is 12.7. The molecule has 4 N–H and O–H groups in total. The molecule has 2 aromatic heterocycles. The van der Waals surface area contributed by atoms with Gasteiger partial charge in [-0.3, -0.25) is 4.90 Å². The molecule has 2 aliphatic rings. The van der Waals surface area contributed by atoms with Gasteiger partial charge in [0.15, 0.2) is 5.82 Å². The van der Waals surface area contributed by atoms with Crippen LogP contribution in [0.2, 0.25) is 0 Å². The van der Waals surface area contributed by atoms with Crippen molar-refractivity contribution in [1.29, 1.82) is 0 Å². The monoisotopic (exact) mass is 526 g/mol. The van der Waals surface area contributed by atoms with E-state index in [0.29, 0.717) is 43.4 Å². The number of nitrogen functional groups attached to an aromatic ring is 1. The van der Waals surface area contributed by atoms with Crippen molar-refractivity contribution in [1.82, 2.24) is 24.6 Å². The molecule has 202 valence electrons. The second-order valence-corrected chi connectivity index (χ2v) is 9.74. The van der Waals surface area contributed by atoms with Crippen molar-refractivity contribution in [3.63, 3.8) is 0 Å². The molecule has 0 aliphatic carbocycles. The van der Waals surface area contributed by atoms with Gasteiger partial charge < -0.3 is 25.7 Å². The largest absolute Gasteiger partial charge is 0.394 e. The van der Waals surface area contributed by atoms with E-state index in [0.717, 1.165) is 37.0 Å². The molecule has 12 heteroatoms. The summed E-state index contributed by atoms with van der Waals surface area (Å²) in [6.45, 7) is 5.89. The van der Waals surface area contributed by atoms with Crippen LogP contribution in [0.3, 0.4) is 0 Å². The highest BCUT2D eigenvalue weighted by Crippen LogP contribution is 2.27. The van der Waals surface area contributed by atoms with Crippen molar-refractivity contribution in [3.05, 3.63) is 59.4 Å². The molecule has 38 heavy (non-hydrogen) atoms. The fraction of sp³-hybridized carbons (Fsp3) is 0.423. The first-order valence-electron chi connectivity index (χ1n) is 12.7. The molecule has 0 radical (unpaired) electrons. The first-order chi connectivity index (χ1) is 18.3. The molecule has 0 spiro atoms. The van der Waals surface area contributed by atoms with E-state index in [-0.39, 0.29) is 18.6 Å². The maximum absolute atomic E-state index is 13.6. The second kappa shape index (κ2) is 11.0. The number of benzene rings is 1. The Hall–Kier alpha value is -3.61. The highest BCUT2D eigenvalue weighted by Gasteiger charge is 2.32. The molecule has 2 saturated heterocycles. The van der Waals surface area contributed by atoms with Crippen molar-refractivity contribution in [2.24, 2.45) is 0 Å². The predicted octanol–water partition coefficient (Wildman–Crippen LogP) is 1.60. The molecule has 0 bridgehead atoms. The van der Waals surface area contributed by atoms with Crippen molar-refractivity contribution in [3.8, 4) is 5.82 Å². The highest BCUT2D eigenvalue weighted by molar-refractivity contribution is 5.55. The van der Waals surface area contributed by atoms with Crippen LogP contribution < -0.4 is 15.5 Å². The van der Waals surface area contributed by atoms with E-state index >= 15 is 0 Å². The number of aliphatic hydroxyl groups excluding tert-OH is 2. The third kappa shape index (κ3) is 5.62. The van der Waals surface area contributed by atoms with Gasteiger partial charge in [0.25, 0.3) is 0 Å². The van der Waals surface area contributed by atoms with Gasteiger partial charge in [0, 0.05) is 62.7 Å². The zero-order chi connectivity index (χ0) is 26.8. The zero-order valence-electron chi connectivity index (χ0n) is 21.2. The van der Waals surface area contributed by atoms with Gasteiger partial charge in [-0.15, -0.1) is 0 Å². The third-order valence-corrected chi connectivity index (χ3v) is 7.12. The number of aliphatic hydroxyl groups is 2. The van der Waals surface area contributed by atoms with Gasteiger partial charge in [-0.2, -0.15) is 15.1 Å². The van der Waals surface area contributed by atoms with Crippen LogP contribution in [0, 0.1) is 18.6 Å². The average Bonchev–Trinajstić information content (AvgIpc) is 3.45. The van der Waals surface area contributed by atoms with Crippen LogP contribution in [0.4, 0.5) is 26.2 Å². The van der Waals surface area contributed by atoms with Crippen LogP contribution in [0.5, 0.6) is 0 Å². The summed E-state index contributed by atoms with van der Waals surface area (Å²) in [6.07, 6.45) is 5.77. The lowest BCUT2D eigenvalue weighted by Crippen LogP contribution is -2.46. The molecule has 5 rings (SSSR count). The van der Waals surface area contributed by atoms with Gasteiger partial charge in [-0.1, -0.05) is 12.2 Å². The Balaban J connectivity index is 1.22. The van der Waals surface area contributed by atoms with E-state index in [1.807, 2.05) is 22.8 Å². The smallest absolute Gasteiger partial charge is 0.224 e. The molecule has 2 aliphatic heterocycles. The number of hydrogen-bond acceptors (Lipinski definition) is 9. The molecule has 4 heterocycles. The number of anilines is 3. The molecule has 0 amide bonds. The fourth-order valence-electron chi connectivity index (χ4n) is 5.10. The van der Waals surface area contributed by atoms with Crippen LogP contribution in [-0.2, 0) is 0 Å². The Morgan fingerprint density at radius 1 is 1.05 bits per heavy atom. The van der Waals surface area contributed by atoms with Gasteiger partial charge in [0.1, 0.15) is 17.5 Å². The lowest BCUT2D eigenvalue weighted by molar-refractivity contribution is 0.184. The predicted molar refractivity (Wildman–Crippen MR) is 141 cm³/mol. The molecular weight excluding hydrogens is 494 g/mol. The van der Waals surface area contributed by atoms with E-state index in [2.05, 4.69) is 26.0 Å². The summed E-state index contributed by atoms with van der Waals surface area (Å²) in [5.74, 6) is 0.00301. The molecule has 3 aromatic rings. The van der Waals surface area contributed by atoms with Crippen LogP contribution in [0.25, 0.3) is 11.9 Å². The first kappa shape index (κ1) is 26.0. The fourth-order valence-corrected chi connectivity index (χ4v) is 5.10. The summed E-state index contributed by atoms with van der Waals surface area (Å²) in [7, 11) is 0. The Kier molecular flexibility index (Phi) is 7.54. The second-order valence-electron chi connectivity index (χ2n) is 9.74. The molecular formula is C26H32F2N8O2. The van der Waals surface area contributed by atoms with E-state index in [1.165, 1.54) is 12.1 Å². The Labute approximate surface area is 219 Å². The quantitative estimate of drug-likeness (QED) is 0.422. The number of rotatable bonds is 7. The summed E-state index contributed by atoms with van der Waals surface area (Å²) in [6, 6.07) is 5.15. The third-order valence-electron chi connectivity index (χ3n) is 7.12. The van der Waals surface area contributed by atoms with Gasteiger partial charge >= 0.3 is 0 Å². The summed E-state index contributed by atoms with van der Waals surface area (Å²) >= 11 is 0. The lowest BCUT2D eigenvalue weighted by Gasteiger charge is -2.35. The maximum atomic E-state index is 13.6. The van der Waals surface area contributed by atoms with Gasteiger partial charge in [0.2, 0.25) is 5.95 Å². The van der Waals surface area contributed by atoms with Crippen molar-refractivity contribution >= 4 is 23.5 Å². The standard InChI is InChI=1S/C26H32F2N8O2/c1-17-18(3-2-4-33-5-7-34(8-6-33)21-10-19(27)9-20(28)11-21)14-30-36(17)25-13-24(31-26(29)32-25)35-15-23(38)12-22(35)16-37/h2-3,9-11,13-14,22-23,37-38H,4-8,12,15-16H2,1H3,(H2,29,31,32). The number of hydrogen-bond donors (Lipinski definition) is 3. The van der Waals surface area contributed by atoms with Crippen LogP contribution >= 0.6 is 0 Å². The van der Waals surface area contributed by atoms with Crippen molar-refractivity contribution in [2.75, 3.05) is 61.4 Å². The SMILES string of the molecule is Cc1c(C=CCN2CCN(c3cc(F)cc(F)c3)CC2)cnn1-c1cc(N2CC(O)CC2CO)nc(N)n1. The molecule has 2 unspecified atom stereocenters. The minimum atomic E-state index is -0.564. The van der Waals surface area contributed by atoms with Gasteiger partial charge in [-0.05, 0) is 25.5 Å². The number of aromatic nitrogens is 4. The van der Waals surface area contributed by atoms with Crippen LogP contribution in [-0.4, -0.2) is 92.9 Å². The summed E-state index contributed by atoms with van der Waals surface area (Å²) in [5, 5.41) is 24.2. The topological polar surface area (TPSA) is 120 Å². The molecule has 1 aromatic carbocycles. The molecule has 2 atom stereocenters. The van der Waals surface area contributed by atoms with E-state index in [4.69, 9.17) is 5.73 Å². The number of nitrogens with two attached hydrogens (primary N) is 1. The van der Waals surface area contributed by atoms with E-state index in [9.17, 15) is 19.0 Å². The van der Waals surface area contributed by atoms with Crippen LogP contribution in [0.15, 0.2) is 36.5 Å². The maximum Gasteiger partial charge on any atom is 0.224 e. The number of β-amino-alcohol motifs (C(OH)–C–C–N with tert-alkyl or cyclic N) is 1. The summed E-state index contributed by atoms with van der Waals surface area (Å²) < 4.78 is 28.8. The lowest BCUT2D eigenvalue weighted by atomic mass is 10.2. The molecule has 2 fully saturated rings. The van der Waals surface area contributed by atoms with Gasteiger partial charge in [0.05, 0.1) is 30.6 Å². The normalized spacial score (nSPS) is 20.7. The van der Waals surface area contributed by atoms with Crippen molar-refractivity contribution in [2.45, 2.75) is 25.5 Å². The summed E-state index contributed by atoms with van der Waals surface area (Å²) in [4.78, 5) is 14.8. The minimum absolute atomic E-state index is 0.0858. The van der Waals surface area contributed by atoms with Crippen molar-refractivity contribution < 1.29 is 19.0 Å².